The third-order valence-electron chi connectivity index (χ3n) is 1.52. The molecule has 0 aliphatic heterocycles. The second-order valence-electron chi connectivity index (χ2n) is 3.97. The molecule has 0 fully saturated rings. The van der Waals surface area contributed by atoms with Gasteiger partial charge in [-0.1, -0.05) is 6.92 Å². The Morgan fingerprint density at radius 1 is 1.45 bits per heavy atom. The van der Waals surface area contributed by atoms with Crippen LogP contribution in [0, 0.1) is 5.92 Å². The van der Waals surface area contributed by atoms with Crippen molar-refractivity contribution in [3.8, 4) is 0 Å². The summed E-state index contributed by atoms with van der Waals surface area (Å²) in [6.07, 6.45) is 0. The van der Waals surface area contributed by atoms with Gasteiger partial charge in [-0.3, -0.25) is 4.21 Å². The van der Waals surface area contributed by atoms with Crippen molar-refractivity contribution in [1.29, 1.82) is 0 Å². The highest BCUT2D eigenvalue weighted by atomic mass is 32.2. The van der Waals surface area contributed by atoms with Crippen molar-refractivity contribution in [1.82, 2.24) is 0 Å². The van der Waals surface area contributed by atoms with Gasteiger partial charge in [0.25, 0.3) is 0 Å². The van der Waals surface area contributed by atoms with Crippen LogP contribution in [-0.2, 0) is 10.8 Å². The van der Waals surface area contributed by atoms with Gasteiger partial charge in [0.1, 0.15) is 0 Å². The summed E-state index contributed by atoms with van der Waals surface area (Å²) in [5, 5.41) is 0. The molecule has 0 radical (unpaired) electrons. The fourth-order valence-electron chi connectivity index (χ4n) is 0.576. The van der Waals surface area contributed by atoms with E-state index in [0.717, 1.165) is 5.75 Å². The highest BCUT2D eigenvalue weighted by molar-refractivity contribution is 7.86. The maximum absolute atomic E-state index is 11.5. The Hall–Kier alpha value is 0.110. The van der Waals surface area contributed by atoms with E-state index in [1.54, 1.807) is 0 Å². The van der Waals surface area contributed by atoms with Crippen LogP contribution in [-0.4, -0.2) is 21.3 Å². The minimum atomic E-state index is -0.747. The normalized spacial score (nSPS) is 17.9. The number of rotatable bonds is 3. The quantitative estimate of drug-likeness (QED) is 0.702. The summed E-state index contributed by atoms with van der Waals surface area (Å²) in [5.41, 5.74) is 5.43. The first-order valence-corrected chi connectivity index (χ1v) is 5.28. The lowest BCUT2D eigenvalue weighted by Gasteiger charge is -2.19. The van der Waals surface area contributed by atoms with Crippen LogP contribution < -0.4 is 5.73 Å². The summed E-state index contributed by atoms with van der Waals surface area (Å²) in [6.45, 7) is 8.64. The summed E-state index contributed by atoms with van der Waals surface area (Å²) in [4.78, 5) is 0. The first-order valence-electron chi connectivity index (χ1n) is 3.96. The number of hydrogen-bond acceptors (Lipinski definition) is 2. The highest BCUT2D eigenvalue weighted by Crippen LogP contribution is 2.13. The van der Waals surface area contributed by atoms with E-state index in [9.17, 15) is 4.21 Å². The standard InChI is InChI=1S/C8H19NOS/c1-7(5-9)6-11(10)8(2,3)4/h7H,5-6,9H2,1-4H3. The third-order valence-corrected chi connectivity index (χ3v) is 3.76. The van der Waals surface area contributed by atoms with Gasteiger partial charge < -0.3 is 5.73 Å². The van der Waals surface area contributed by atoms with Crippen LogP contribution in [0.5, 0.6) is 0 Å². The van der Waals surface area contributed by atoms with Crippen molar-refractivity contribution in [3.05, 3.63) is 0 Å². The van der Waals surface area contributed by atoms with Crippen LogP contribution in [0.15, 0.2) is 0 Å². The van der Waals surface area contributed by atoms with Gasteiger partial charge in [0.05, 0.1) is 0 Å². The van der Waals surface area contributed by atoms with E-state index < -0.39 is 10.8 Å². The minimum Gasteiger partial charge on any atom is -0.330 e. The van der Waals surface area contributed by atoms with Crippen molar-refractivity contribution in [3.63, 3.8) is 0 Å². The number of nitrogens with two attached hydrogens (primary N) is 1. The van der Waals surface area contributed by atoms with E-state index in [2.05, 4.69) is 0 Å². The van der Waals surface area contributed by atoms with Crippen molar-refractivity contribution >= 4 is 10.8 Å². The van der Waals surface area contributed by atoms with E-state index in [1.807, 2.05) is 27.7 Å². The molecule has 0 aromatic rings. The molecule has 0 heterocycles. The zero-order chi connectivity index (χ0) is 9.07. The summed E-state index contributed by atoms with van der Waals surface area (Å²) >= 11 is 0. The molecule has 0 aliphatic carbocycles. The maximum Gasteiger partial charge on any atom is 0.0375 e. The van der Waals surface area contributed by atoms with E-state index in [4.69, 9.17) is 5.73 Å². The van der Waals surface area contributed by atoms with Crippen molar-refractivity contribution in [2.45, 2.75) is 32.4 Å². The number of hydrogen-bond donors (Lipinski definition) is 1. The smallest absolute Gasteiger partial charge is 0.0375 e. The molecule has 0 aromatic carbocycles. The molecule has 2 N–H and O–H groups in total. The van der Waals surface area contributed by atoms with E-state index in [1.165, 1.54) is 0 Å². The van der Waals surface area contributed by atoms with Gasteiger partial charge in [-0.05, 0) is 33.2 Å². The molecule has 3 heteroatoms. The van der Waals surface area contributed by atoms with Gasteiger partial charge in [0.2, 0.25) is 0 Å². The molecular formula is C8H19NOS. The van der Waals surface area contributed by atoms with Gasteiger partial charge in [0, 0.05) is 21.3 Å². The average molecular weight is 177 g/mol. The van der Waals surface area contributed by atoms with Gasteiger partial charge in [-0.15, -0.1) is 0 Å². The van der Waals surface area contributed by atoms with Crippen molar-refractivity contribution in [2.75, 3.05) is 12.3 Å². The maximum atomic E-state index is 11.5. The molecule has 2 nitrogen and oxygen atoms in total. The summed E-state index contributed by atoms with van der Waals surface area (Å²) in [5.74, 6) is 1.09. The topological polar surface area (TPSA) is 43.1 Å². The van der Waals surface area contributed by atoms with Crippen LogP contribution in [0.3, 0.4) is 0 Å². The van der Waals surface area contributed by atoms with Crippen LogP contribution in [0.2, 0.25) is 0 Å². The van der Waals surface area contributed by atoms with Crippen LogP contribution in [0.4, 0.5) is 0 Å². The van der Waals surface area contributed by atoms with E-state index in [0.29, 0.717) is 12.5 Å². The monoisotopic (exact) mass is 177 g/mol. The van der Waals surface area contributed by atoms with Crippen molar-refractivity contribution in [2.24, 2.45) is 11.7 Å². The summed E-state index contributed by atoms with van der Waals surface area (Å²) in [7, 11) is -0.747. The Bertz CT molecular complexity index is 140. The van der Waals surface area contributed by atoms with Crippen LogP contribution in [0.1, 0.15) is 27.7 Å². The molecule has 0 spiro atoms. The predicted octanol–water partition coefficient (Wildman–Crippen LogP) is 1.13. The Balaban J connectivity index is 3.88. The molecule has 0 saturated heterocycles. The van der Waals surface area contributed by atoms with Crippen LogP contribution >= 0.6 is 0 Å². The highest BCUT2D eigenvalue weighted by Gasteiger charge is 2.20. The zero-order valence-corrected chi connectivity index (χ0v) is 8.70. The predicted molar refractivity (Wildman–Crippen MR) is 51.0 cm³/mol. The van der Waals surface area contributed by atoms with Gasteiger partial charge in [0.15, 0.2) is 0 Å². The lowest BCUT2D eigenvalue weighted by Crippen LogP contribution is -2.29. The zero-order valence-electron chi connectivity index (χ0n) is 7.89. The average Bonchev–Trinajstić information content (AvgIpc) is 1.85. The SMILES string of the molecule is CC(CN)CS(=O)C(C)(C)C. The molecule has 0 aliphatic rings. The molecule has 0 aromatic heterocycles. The second-order valence-corrected chi connectivity index (χ2v) is 6.21. The second kappa shape index (κ2) is 4.21. The van der Waals surface area contributed by atoms with E-state index in [-0.39, 0.29) is 4.75 Å². The lowest BCUT2D eigenvalue weighted by molar-refractivity contribution is 0.616. The molecular weight excluding hydrogens is 158 g/mol. The van der Waals surface area contributed by atoms with Gasteiger partial charge in [-0.25, -0.2) is 0 Å². The fraction of sp³-hybridized carbons (Fsp3) is 1.00. The molecule has 2 unspecified atom stereocenters. The molecule has 11 heavy (non-hydrogen) atoms. The Kier molecular flexibility index (Phi) is 4.26. The minimum absolute atomic E-state index is 0.0938. The molecule has 0 bridgehead atoms. The summed E-state index contributed by atoms with van der Waals surface area (Å²) in [6, 6.07) is 0. The first-order chi connectivity index (χ1) is 4.88. The van der Waals surface area contributed by atoms with Crippen LogP contribution in [0.25, 0.3) is 0 Å². The molecule has 68 valence electrons. The third kappa shape index (κ3) is 4.53. The van der Waals surface area contributed by atoms with Gasteiger partial charge in [-0.2, -0.15) is 0 Å². The molecule has 0 amide bonds. The van der Waals surface area contributed by atoms with Crippen molar-refractivity contribution < 1.29 is 4.21 Å². The lowest BCUT2D eigenvalue weighted by atomic mass is 10.2. The fourth-order valence-corrected chi connectivity index (χ4v) is 1.73. The van der Waals surface area contributed by atoms with Gasteiger partial charge >= 0.3 is 0 Å². The molecule has 2 atom stereocenters. The Morgan fingerprint density at radius 3 is 2.18 bits per heavy atom. The molecule has 0 saturated carbocycles. The first kappa shape index (κ1) is 11.1. The Morgan fingerprint density at radius 2 is 1.91 bits per heavy atom. The van der Waals surface area contributed by atoms with E-state index >= 15 is 0 Å². The molecule has 0 rings (SSSR count). The largest absolute Gasteiger partial charge is 0.330 e. The Labute approximate surface area is 72.0 Å². The summed E-state index contributed by atoms with van der Waals surface area (Å²) < 4.78 is 11.4.